The molecule has 1 aromatic carbocycles. The van der Waals surface area contributed by atoms with Crippen LogP contribution in [0.5, 0.6) is 5.75 Å². The number of likely N-dealkylation sites (N-methyl/N-ethyl adjacent to an activating group) is 1. The van der Waals surface area contributed by atoms with Gasteiger partial charge in [-0.25, -0.2) is 13.4 Å². The lowest BCUT2D eigenvalue weighted by Crippen LogP contribution is -2.50. The van der Waals surface area contributed by atoms with Crippen LogP contribution >= 0.6 is 0 Å². The quantitative estimate of drug-likeness (QED) is 0.605. The number of benzene rings is 1. The maximum Gasteiger partial charge on any atom is 0.273 e. The van der Waals surface area contributed by atoms with Gasteiger partial charge in [-0.1, -0.05) is 25.7 Å². The second-order valence-corrected chi connectivity index (χ2v) is 10.6. The number of fused-ring (bicyclic) bond motifs is 1. The van der Waals surface area contributed by atoms with Gasteiger partial charge in [0.15, 0.2) is 0 Å². The Kier molecular flexibility index (Phi) is 8.83. The van der Waals surface area contributed by atoms with Crippen LogP contribution in [-0.4, -0.2) is 77.5 Å². The molecule has 1 aliphatic heterocycles. The first kappa shape index (κ1) is 26.6. The second-order valence-electron chi connectivity index (χ2n) is 8.73. The molecule has 2 aromatic rings. The average Bonchev–Trinajstić information content (AvgIpc) is 2.85. The molecule has 10 heteroatoms. The molecule has 188 valence electrons. The van der Waals surface area contributed by atoms with Crippen LogP contribution in [0.1, 0.15) is 49.7 Å². The molecule has 0 aliphatic carbocycles. The molecule has 0 saturated carbocycles. The van der Waals surface area contributed by atoms with Gasteiger partial charge in [-0.2, -0.15) is 4.31 Å². The van der Waals surface area contributed by atoms with Crippen LogP contribution in [-0.2, 0) is 10.0 Å². The highest BCUT2D eigenvalue weighted by Crippen LogP contribution is 2.34. The van der Waals surface area contributed by atoms with Gasteiger partial charge in [0.25, 0.3) is 5.91 Å². The van der Waals surface area contributed by atoms with Crippen LogP contribution in [0.15, 0.2) is 41.7 Å². The highest BCUT2D eigenvalue weighted by atomic mass is 32.2. The zero-order valence-electron chi connectivity index (χ0n) is 20.5. The van der Waals surface area contributed by atoms with E-state index in [2.05, 4.69) is 21.8 Å². The maximum atomic E-state index is 13.5. The highest BCUT2D eigenvalue weighted by molar-refractivity contribution is 7.89. The molecular weight excluding hydrogens is 468 g/mol. The lowest BCUT2D eigenvalue weighted by molar-refractivity contribution is 0.0559. The first-order chi connectivity index (χ1) is 16.7. The Labute approximate surface area is 207 Å². The second kappa shape index (κ2) is 11.6. The molecule has 0 spiro atoms. The summed E-state index contributed by atoms with van der Waals surface area (Å²) in [5.41, 5.74) is 0.852. The van der Waals surface area contributed by atoms with Gasteiger partial charge in [0.2, 0.25) is 10.0 Å². The van der Waals surface area contributed by atoms with E-state index in [1.165, 1.54) is 33.9 Å². The van der Waals surface area contributed by atoms with E-state index in [1.54, 1.807) is 26.1 Å². The van der Waals surface area contributed by atoms with Crippen LogP contribution in [0.4, 0.5) is 0 Å². The number of ether oxygens (including phenoxy) is 1. The van der Waals surface area contributed by atoms with Crippen LogP contribution in [0, 0.1) is 17.8 Å². The Morgan fingerprint density at radius 1 is 1.37 bits per heavy atom. The molecule has 1 aromatic heterocycles. The Bertz CT molecular complexity index is 1190. The number of aliphatic hydroxyl groups excluding tert-OH is 1. The molecular formula is C25H32N4O5S. The van der Waals surface area contributed by atoms with Gasteiger partial charge in [-0.15, -0.1) is 0 Å². The molecule has 1 N–H and O–H groups in total. The standard InChI is InChI=1S/C25H32N4O5S/c1-5-6-7-8-20-9-10-24-22(13-20)34-23(16-28(4)25(31)21-14-26-11-12-27-21)18(2)15-29(19(3)17-30)35(24,32)33/h9-14,18-19,23,30H,5-6,15-17H2,1-4H3/t18-,19-,23-/m1/s1. The molecule has 0 fully saturated rings. The highest BCUT2D eigenvalue weighted by Gasteiger charge is 2.38. The number of amides is 1. The minimum Gasteiger partial charge on any atom is -0.487 e. The molecule has 1 amide bonds. The summed E-state index contributed by atoms with van der Waals surface area (Å²) >= 11 is 0. The van der Waals surface area contributed by atoms with Crippen molar-refractivity contribution in [2.24, 2.45) is 5.92 Å². The van der Waals surface area contributed by atoms with Crippen LogP contribution in [0.3, 0.4) is 0 Å². The fourth-order valence-corrected chi connectivity index (χ4v) is 5.59. The van der Waals surface area contributed by atoms with Gasteiger partial charge in [-0.3, -0.25) is 9.78 Å². The summed E-state index contributed by atoms with van der Waals surface area (Å²) in [7, 11) is -2.30. The third kappa shape index (κ3) is 6.17. The predicted octanol–water partition coefficient (Wildman–Crippen LogP) is 2.17. The van der Waals surface area contributed by atoms with Crippen LogP contribution in [0.25, 0.3) is 0 Å². The van der Waals surface area contributed by atoms with Crippen molar-refractivity contribution in [2.45, 2.75) is 50.7 Å². The van der Waals surface area contributed by atoms with E-state index in [0.717, 1.165) is 12.8 Å². The SMILES string of the molecule is CCCC#Cc1ccc2c(c1)O[C@H](CN(C)C(=O)c1cnccn1)[C@H](C)CN([C@H](C)CO)S2(=O)=O. The third-order valence-electron chi connectivity index (χ3n) is 5.86. The minimum absolute atomic E-state index is 0.0126. The number of hydrogen-bond donors (Lipinski definition) is 1. The number of unbranched alkanes of at least 4 members (excludes halogenated alkanes) is 1. The van der Waals surface area contributed by atoms with E-state index in [0.29, 0.717) is 5.56 Å². The number of sulfonamides is 1. The van der Waals surface area contributed by atoms with E-state index in [4.69, 9.17) is 4.74 Å². The number of nitrogens with zero attached hydrogens (tertiary/aromatic N) is 4. The number of hydrogen-bond acceptors (Lipinski definition) is 7. The van der Waals surface area contributed by atoms with E-state index in [1.807, 2.05) is 13.8 Å². The van der Waals surface area contributed by atoms with Crippen molar-refractivity contribution in [1.29, 1.82) is 0 Å². The maximum absolute atomic E-state index is 13.5. The monoisotopic (exact) mass is 500 g/mol. The van der Waals surface area contributed by atoms with Crippen molar-refractivity contribution in [1.82, 2.24) is 19.2 Å². The molecule has 1 aliphatic rings. The number of aromatic nitrogens is 2. The zero-order chi connectivity index (χ0) is 25.6. The zero-order valence-corrected chi connectivity index (χ0v) is 21.3. The van der Waals surface area contributed by atoms with Gasteiger partial charge >= 0.3 is 0 Å². The average molecular weight is 501 g/mol. The minimum atomic E-state index is -3.94. The third-order valence-corrected chi connectivity index (χ3v) is 7.88. The Morgan fingerprint density at radius 2 is 2.14 bits per heavy atom. The summed E-state index contributed by atoms with van der Waals surface area (Å²) in [4.78, 5) is 22.4. The first-order valence-electron chi connectivity index (χ1n) is 11.6. The molecule has 0 unspecified atom stereocenters. The fourth-order valence-electron chi connectivity index (χ4n) is 3.77. The molecule has 0 saturated heterocycles. The fraction of sp³-hybridized carbons (Fsp3) is 0.480. The van der Waals surface area contributed by atoms with Crippen molar-refractivity contribution in [2.75, 3.05) is 26.7 Å². The van der Waals surface area contributed by atoms with Crippen molar-refractivity contribution in [3.05, 3.63) is 48.0 Å². The summed E-state index contributed by atoms with van der Waals surface area (Å²) in [6, 6.07) is 4.16. The summed E-state index contributed by atoms with van der Waals surface area (Å²) in [5, 5.41) is 9.77. The van der Waals surface area contributed by atoms with Crippen molar-refractivity contribution in [3.8, 4) is 17.6 Å². The molecule has 35 heavy (non-hydrogen) atoms. The summed E-state index contributed by atoms with van der Waals surface area (Å²) < 4.78 is 34.7. The Balaban J connectivity index is 2.01. The van der Waals surface area contributed by atoms with Crippen molar-refractivity contribution < 1.29 is 23.1 Å². The number of rotatable bonds is 6. The summed E-state index contributed by atoms with van der Waals surface area (Å²) in [6.45, 7) is 5.57. The van der Waals surface area contributed by atoms with Gasteiger partial charge < -0.3 is 14.7 Å². The van der Waals surface area contributed by atoms with Crippen LogP contribution in [0.2, 0.25) is 0 Å². The molecule has 2 heterocycles. The Morgan fingerprint density at radius 3 is 2.80 bits per heavy atom. The topological polar surface area (TPSA) is 113 Å². The number of carbonyl (C=O) groups is 1. The van der Waals surface area contributed by atoms with E-state index < -0.39 is 22.2 Å². The first-order valence-corrected chi connectivity index (χ1v) is 13.1. The molecule has 9 nitrogen and oxygen atoms in total. The summed E-state index contributed by atoms with van der Waals surface area (Å²) in [6.07, 6.45) is 5.46. The van der Waals surface area contributed by atoms with E-state index >= 15 is 0 Å². The Hall–Kier alpha value is -3.00. The lowest BCUT2D eigenvalue weighted by atomic mass is 10.0. The van der Waals surface area contributed by atoms with E-state index in [-0.39, 0.29) is 47.9 Å². The molecule has 3 rings (SSSR count). The lowest BCUT2D eigenvalue weighted by Gasteiger charge is -2.37. The van der Waals surface area contributed by atoms with Gasteiger partial charge in [-0.05, 0) is 31.5 Å². The van der Waals surface area contributed by atoms with Gasteiger partial charge in [0.1, 0.15) is 22.4 Å². The van der Waals surface area contributed by atoms with Gasteiger partial charge in [0.05, 0.1) is 19.3 Å². The van der Waals surface area contributed by atoms with E-state index in [9.17, 15) is 18.3 Å². The molecule has 0 bridgehead atoms. The normalized spacial score (nSPS) is 20.3. The smallest absolute Gasteiger partial charge is 0.273 e. The number of carbonyl (C=O) groups excluding carboxylic acids is 1. The van der Waals surface area contributed by atoms with Crippen molar-refractivity contribution >= 4 is 15.9 Å². The van der Waals surface area contributed by atoms with Gasteiger partial charge in [0, 0.05) is 49.9 Å². The molecule has 3 atom stereocenters. The number of aliphatic hydroxyl groups is 1. The predicted molar refractivity (Wildman–Crippen MR) is 131 cm³/mol. The van der Waals surface area contributed by atoms with Crippen LogP contribution < -0.4 is 4.74 Å². The largest absolute Gasteiger partial charge is 0.487 e. The summed E-state index contributed by atoms with van der Waals surface area (Å²) in [5.74, 6) is 5.69. The molecule has 0 radical (unpaired) electrons. The van der Waals surface area contributed by atoms with Crippen molar-refractivity contribution in [3.63, 3.8) is 0 Å².